The normalized spacial score (nSPS) is 23.7. The van der Waals surface area contributed by atoms with E-state index in [4.69, 9.17) is 11.6 Å². The molecule has 9 heavy (non-hydrogen) atoms. The number of hydrogen-bond donors (Lipinski definition) is 0. The molecule has 1 saturated carbocycles. The molecule has 0 unspecified atom stereocenters. The quantitative estimate of drug-likeness (QED) is 0.440. The van der Waals surface area contributed by atoms with Crippen LogP contribution in [0, 0.1) is 0 Å². The molecule has 52 valence electrons. The van der Waals surface area contributed by atoms with Crippen LogP contribution in [-0.4, -0.2) is 11.5 Å². The molecule has 0 aromatic rings. The molecule has 0 aromatic heterocycles. The molecule has 3 heteroatoms. The predicted octanol–water partition coefficient (Wildman–Crippen LogP) is 1.67. The molecule has 0 radical (unpaired) electrons. The van der Waals surface area contributed by atoms with Crippen LogP contribution in [0.4, 0.5) is 0 Å². The third-order valence-electron chi connectivity index (χ3n) is 1.61. The molecule has 0 amide bonds. The van der Waals surface area contributed by atoms with Crippen molar-refractivity contribution >= 4 is 18.1 Å². The van der Waals surface area contributed by atoms with E-state index in [1.54, 1.807) is 0 Å². The van der Waals surface area contributed by atoms with Gasteiger partial charge in [0.1, 0.15) is 0 Å². The Hall–Kier alpha value is -0.240. The Morgan fingerprint density at radius 3 is 2.44 bits per heavy atom. The van der Waals surface area contributed by atoms with Gasteiger partial charge in [-0.25, -0.2) is 0 Å². The Morgan fingerprint density at radius 1 is 1.44 bits per heavy atom. The van der Waals surface area contributed by atoms with Gasteiger partial charge in [0.15, 0.2) is 5.06 Å². The maximum Gasteiger partial charge on any atom is 0.294 e. The van der Waals surface area contributed by atoms with Crippen molar-refractivity contribution in [3.05, 3.63) is 0 Å². The molecule has 0 aromatic carbocycles. The summed E-state index contributed by atoms with van der Waals surface area (Å²) in [6.45, 7) is 0.429. The molecular formula is C6H9ClO2. The molecule has 1 fully saturated rings. The molecule has 2 nitrogen and oxygen atoms in total. The Kier molecular flexibility index (Phi) is 1.96. The van der Waals surface area contributed by atoms with Gasteiger partial charge in [0.25, 0.3) is 6.47 Å². The van der Waals surface area contributed by atoms with E-state index in [-0.39, 0.29) is 0 Å². The van der Waals surface area contributed by atoms with Gasteiger partial charge in [-0.05, 0) is 12.8 Å². The van der Waals surface area contributed by atoms with Crippen LogP contribution < -0.4 is 0 Å². The zero-order valence-electron chi connectivity index (χ0n) is 5.10. The van der Waals surface area contributed by atoms with E-state index < -0.39 is 5.06 Å². The van der Waals surface area contributed by atoms with Crippen LogP contribution in [-0.2, 0) is 9.53 Å². The van der Waals surface area contributed by atoms with E-state index in [9.17, 15) is 4.79 Å². The second-order valence-electron chi connectivity index (χ2n) is 2.30. The van der Waals surface area contributed by atoms with Gasteiger partial charge in [-0.3, -0.25) is 4.79 Å². The van der Waals surface area contributed by atoms with Crippen molar-refractivity contribution < 1.29 is 9.53 Å². The summed E-state index contributed by atoms with van der Waals surface area (Å²) in [4.78, 5) is 9.86. The third kappa shape index (κ3) is 1.58. The molecule has 0 spiro atoms. The van der Waals surface area contributed by atoms with Crippen molar-refractivity contribution in [1.29, 1.82) is 0 Å². The van der Waals surface area contributed by atoms with Gasteiger partial charge in [-0.15, -0.1) is 0 Å². The fourth-order valence-corrected chi connectivity index (χ4v) is 1.41. The van der Waals surface area contributed by atoms with E-state index >= 15 is 0 Å². The summed E-state index contributed by atoms with van der Waals surface area (Å²) >= 11 is 5.82. The summed E-state index contributed by atoms with van der Waals surface area (Å²) in [5.41, 5.74) is 0. The van der Waals surface area contributed by atoms with Gasteiger partial charge in [-0.1, -0.05) is 11.6 Å². The number of halogens is 1. The minimum atomic E-state index is -0.651. The lowest BCUT2D eigenvalue weighted by Gasteiger charge is -2.16. The Labute approximate surface area is 59.1 Å². The summed E-state index contributed by atoms with van der Waals surface area (Å²) in [6.07, 6.45) is 3.73. The number of alkyl halides is 1. The number of ether oxygens (including phenoxy) is 1. The first-order chi connectivity index (χ1) is 4.27. The van der Waals surface area contributed by atoms with E-state index in [0.717, 1.165) is 25.7 Å². The van der Waals surface area contributed by atoms with Crippen molar-refractivity contribution in [3.8, 4) is 0 Å². The van der Waals surface area contributed by atoms with Gasteiger partial charge in [-0.2, -0.15) is 0 Å². The maximum atomic E-state index is 9.86. The first-order valence-corrected chi connectivity index (χ1v) is 3.45. The summed E-state index contributed by atoms with van der Waals surface area (Å²) in [6, 6.07) is 0. The average Bonchev–Trinajstić information content (AvgIpc) is 2.16. The topological polar surface area (TPSA) is 26.3 Å². The molecule has 1 aliphatic carbocycles. The van der Waals surface area contributed by atoms with Gasteiger partial charge < -0.3 is 4.74 Å². The summed E-state index contributed by atoms with van der Waals surface area (Å²) in [5, 5.41) is -0.651. The van der Waals surface area contributed by atoms with E-state index in [1.807, 2.05) is 0 Å². The standard InChI is InChI=1S/C6H9ClO2/c7-6(9-5-8)3-1-2-4-6/h5H,1-4H2. The smallest absolute Gasteiger partial charge is 0.294 e. The van der Waals surface area contributed by atoms with Crippen LogP contribution in [0.5, 0.6) is 0 Å². The van der Waals surface area contributed by atoms with Crippen molar-refractivity contribution in [2.45, 2.75) is 30.7 Å². The lowest BCUT2D eigenvalue weighted by molar-refractivity contribution is -0.136. The average molecular weight is 149 g/mol. The zero-order valence-corrected chi connectivity index (χ0v) is 5.86. The van der Waals surface area contributed by atoms with Crippen LogP contribution in [0.15, 0.2) is 0 Å². The fraction of sp³-hybridized carbons (Fsp3) is 0.833. The number of carbonyl (C=O) groups excluding carboxylic acids is 1. The van der Waals surface area contributed by atoms with E-state index in [0.29, 0.717) is 6.47 Å². The highest BCUT2D eigenvalue weighted by atomic mass is 35.5. The van der Waals surface area contributed by atoms with Crippen molar-refractivity contribution in [3.63, 3.8) is 0 Å². The number of carbonyl (C=O) groups is 1. The maximum absolute atomic E-state index is 9.86. The Balaban J connectivity index is 2.40. The molecule has 0 bridgehead atoms. The first-order valence-electron chi connectivity index (χ1n) is 3.07. The minimum Gasteiger partial charge on any atom is -0.445 e. The second-order valence-corrected chi connectivity index (χ2v) is 2.99. The minimum absolute atomic E-state index is 0.429. The van der Waals surface area contributed by atoms with Gasteiger partial charge in [0.05, 0.1) is 0 Å². The highest BCUT2D eigenvalue weighted by molar-refractivity contribution is 6.23. The van der Waals surface area contributed by atoms with Crippen LogP contribution in [0.2, 0.25) is 0 Å². The number of hydrogen-bond acceptors (Lipinski definition) is 2. The molecular weight excluding hydrogens is 140 g/mol. The molecule has 0 atom stereocenters. The van der Waals surface area contributed by atoms with Crippen LogP contribution in [0.25, 0.3) is 0 Å². The van der Waals surface area contributed by atoms with Crippen LogP contribution in [0.3, 0.4) is 0 Å². The lowest BCUT2D eigenvalue weighted by Crippen LogP contribution is -2.19. The van der Waals surface area contributed by atoms with Crippen molar-refractivity contribution in [1.82, 2.24) is 0 Å². The zero-order chi connectivity index (χ0) is 6.74. The third-order valence-corrected chi connectivity index (χ3v) is 2.08. The van der Waals surface area contributed by atoms with Crippen molar-refractivity contribution in [2.24, 2.45) is 0 Å². The van der Waals surface area contributed by atoms with Gasteiger partial charge in [0.2, 0.25) is 0 Å². The molecule has 1 rings (SSSR count). The first kappa shape index (κ1) is 6.87. The summed E-state index contributed by atoms with van der Waals surface area (Å²) in [5.74, 6) is 0. The molecule has 0 aliphatic heterocycles. The Bertz CT molecular complexity index is 108. The lowest BCUT2D eigenvalue weighted by atomic mass is 10.3. The monoisotopic (exact) mass is 148 g/mol. The molecule has 0 saturated heterocycles. The fourth-order valence-electron chi connectivity index (χ4n) is 1.11. The molecule has 0 heterocycles. The van der Waals surface area contributed by atoms with Gasteiger partial charge >= 0.3 is 0 Å². The number of rotatable bonds is 2. The molecule has 1 aliphatic rings. The summed E-state index contributed by atoms with van der Waals surface area (Å²) in [7, 11) is 0. The highest BCUT2D eigenvalue weighted by Gasteiger charge is 2.32. The van der Waals surface area contributed by atoms with Crippen LogP contribution in [0.1, 0.15) is 25.7 Å². The predicted molar refractivity (Wildman–Crippen MR) is 34.2 cm³/mol. The largest absolute Gasteiger partial charge is 0.445 e. The highest BCUT2D eigenvalue weighted by Crippen LogP contribution is 2.35. The van der Waals surface area contributed by atoms with Gasteiger partial charge in [0, 0.05) is 12.8 Å². The molecule has 0 N–H and O–H groups in total. The second kappa shape index (κ2) is 2.56. The van der Waals surface area contributed by atoms with Crippen molar-refractivity contribution in [2.75, 3.05) is 0 Å². The van der Waals surface area contributed by atoms with Crippen LogP contribution >= 0.6 is 11.6 Å². The summed E-state index contributed by atoms with van der Waals surface area (Å²) < 4.78 is 4.68. The SMILES string of the molecule is O=COC1(Cl)CCCC1. The van der Waals surface area contributed by atoms with E-state index in [1.165, 1.54) is 0 Å². The van der Waals surface area contributed by atoms with E-state index in [2.05, 4.69) is 4.74 Å². The Morgan fingerprint density at radius 2 is 2.00 bits per heavy atom.